The molecule has 0 aliphatic carbocycles. The molecule has 0 unspecified atom stereocenters. The summed E-state index contributed by atoms with van der Waals surface area (Å²) in [5, 5.41) is 18.4. The fourth-order valence-corrected chi connectivity index (χ4v) is 2.84. The number of pyridine rings is 1. The molecule has 0 aliphatic rings. The lowest BCUT2D eigenvalue weighted by Gasteiger charge is -2.15. The van der Waals surface area contributed by atoms with Crippen molar-refractivity contribution in [3.05, 3.63) is 54.1 Å². The Kier molecular flexibility index (Phi) is 4.38. The number of phenolic OH excluding ortho intramolecular Hbond substituents is 1. The summed E-state index contributed by atoms with van der Waals surface area (Å²) < 4.78 is 39.2. The maximum Gasteiger partial charge on any atom is 0.326 e. The van der Waals surface area contributed by atoms with Crippen molar-refractivity contribution in [1.82, 2.24) is 9.71 Å². The van der Waals surface area contributed by atoms with Gasteiger partial charge in [0.05, 0.1) is 6.20 Å². The Hall–Kier alpha value is -2.52. The van der Waals surface area contributed by atoms with Gasteiger partial charge in [-0.1, -0.05) is 12.1 Å². The van der Waals surface area contributed by atoms with E-state index in [9.17, 15) is 27.8 Å². The van der Waals surface area contributed by atoms with E-state index in [0.717, 1.165) is 18.5 Å². The summed E-state index contributed by atoms with van der Waals surface area (Å²) in [5.41, 5.74) is 0.109. The van der Waals surface area contributed by atoms with Crippen molar-refractivity contribution >= 4 is 16.0 Å². The Morgan fingerprint density at radius 3 is 2.41 bits per heavy atom. The summed E-state index contributed by atoms with van der Waals surface area (Å²) in [7, 11) is -4.28. The van der Waals surface area contributed by atoms with Crippen molar-refractivity contribution in [1.29, 1.82) is 0 Å². The fraction of sp³-hybridized carbons (Fsp3) is 0.0769. The zero-order valence-corrected chi connectivity index (χ0v) is 11.8. The number of hydrogen-bond acceptors (Lipinski definition) is 5. The first kappa shape index (κ1) is 15.9. The molecule has 0 aliphatic heterocycles. The molecule has 1 aromatic heterocycles. The molecule has 0 radical (unpaired) electrons. The summed E-state index contributed by atoms with van der Waals surface area (Å²) in [4.78, 5) is 14.2. The fourth-order valence-electron chi connectivity index (χ4n) is 1.69. The number of carboxylic acids is 1. The van der Waals surface area contributed by atoms with Crippen molar-refractivity contribution in [2.24, 2.45) is 0 Å². The maximum absolute atomic E-state index is 13.1. The van der Waals surface area contributed by atoms with E-state index in [1.54, 1.807) is 0 Å². The average Bonchev–Trinajstić information content (AvgIpc) is 2.46. The van der Waals surface area contributed by atoms with Gasteiger partial charge in [-0.3, -0.25) is 9.78 Å². The second-order valence-corrected chi connectivity index (χ2v) is 6.04. The maximum atomic E-state index is 13.1. The number of aromatic hydroxyl groups is 1. The first-order valence-corrected chi connectivity index (χ1v) is 7.42. The number of nitrogens with one attached hydrogen (secondary N) is 1. The number of aromatic nitrogens is 1. The van der Waals surface area contributed by atoms with Crippen LogP contribution in [0.25, 0.3) is 0 Å². The van der Waals surface area contributed by atoms with Crippen LogP contribution in [0.5, 0.6) is 5.75 Å². The molecule has 3 N–H and O–H groups in total. The first-order valence-electron chi connectivity index (χ1n) is 5.94. The van der Waals surface area contributed by atoms with Gasteiger partial charge in [-0.25, -0.2) is 12.8 Å². The zero-order valence-electron chi connectivity index (χ0n) is 11.0. The van der Waals surface area contributed by atoms with Crippen molar-refractivity contribution in [3.63, 3.8) is 0 Å². The molecule has 0 amide bonds. The molecular weight excluding hydrogens is 315 g/mol. The van der Waals surface area contributed by atoms with Gasteiger partial charge < -0.3 is 10.2 Å². The number of benzene rings is 1. The highest BCUT2D eigenvalue weighted by Gasteiger charge is 2.27. The number of carbonyl (C=O) groups is 1. The Bertz CT molecular complexity index is 792. The molecule has 7 nitrogen and oxygen atoms in total. The van der Waals surface area contributed by atoms with Crippen LogP contribution in [0.3, 0.4) is 0 Å². The van der Waals surface area contributed by atoms with Gasteiger partial charge in [-0.15, -0.1) is 0 Å². The van der Waals surface area contributed by atoms with Crippen molar-refractivity contribution in [2.75, 3.05) is 0 Å². The summed E-state index contributed by atoms with van der Waals surface area (Å²) in [6.07, 6.45) is 1.73. The minimum Gasteiger partial charge on any atom is -0.508 e. The second-order valence-electron chi connectivity index (χ2n) is 4.32. The lowest BCUT2D eigenvalue weighted by atomic mass is 10.1. The van der Waals surface area contributed by atoms with E-state index in [0.29, 0.717) is 0 Å². The number of aliphatic carboxylic acids is 1. The molecule has 1 heterocycles. The van der Waals surface area contributed by atoms with E-state index in [2.05, 4.69) is 4.98 Å². The SMILES string of the molecule is O=C(O)[C@@H](NS(=O)(=O)c1cncc(F)c1)c1ccc(O)cc1. The second kappa shape index (κ2) is 6.08. The van der Waals surface area contributed by atoms with Gasteiger partial charge >= 0.3 is 5.97 Å². The van der Waals surface area contributed by atoms with Gasteiger partial charge in [0, 0.05) is 6.20 Å². The van der Waals surface area contributed by atoms with Crippen LogP contribution < -0.4 is 4.72 Å². The third-order valence-electron chi connectivity index (χ3n) is 2.74. The molecule has 1 atom stereocenters. The van der Waals surface area contributed by atoms with Gasteiger partial charge in [0.2, 0.25) is 10.0 Å². The minimum atomic E-state index is -4.28. The number of hydrogen-bond donors (Lipinski definition) is 3. The third-order valence-corrected chi connectivity index (χ3v) is 4.13. The highest BCUT2D eigenvalue weighted by Crippen LogP contribution is 2.20. The number of rotatable bonds is 5. The number of nitrogens with zero attached hydrogens (tertiary/aromatic N) is 1. The standard InChI is InChI=1S/C13H11FN2O5S/c14-9-5-11(7-15-6-9)22(20,21)16-12(13(18)19)8-1-3-10(17)4-2-8/h1-7,12,16-17H,(H,18,19)/t12-/m0/s1. The number of halogens is 1. The Morgan fingerprint density at radius 1 is 1.23 bits per heavy atom. The Morgan fingerprint density at radius 2 is 1.86 bits per heavy atom. The van der Waals surface area contributed by atoms with Gasteiger partial charge in [0.1, 0.15) is 22.5 Å². The number of sulfonamides is 1. The normalized spacial score (nSPS) is 12.8. The summed E-state index contributed by atoms with van der Waals surface area (Å²) >= 11 is 0. The average molecular weight is 326 g/mol. The van der Waals surface area contributed by atoms with E-state index in [1.807, 2.05) is 4.72 Å². The predicted molar refractivity (Wildman–Crippen MR) is 73.0 cm³/mol. The topological polar surface area (TPSA) is 117 Å². The molecule has 0 spiro atoms. The molecule has 0 saturated heterocycles. The predicted octanol–water partition coefficient (Wildman–Crippen LogP) is 1.03. The molecule has 2 rings (SSSR count). The highest BCUT2D eigenvalue weighted by atomic mass is 32.2. The molecule has 0 saturated carbocycles. The van der Waals surface area contributed by atoms with Crippen LogP contribution in [-0.2, 0) is 14.8 Å². The minimum absolute atomic E-state index is 0.0925. The monoisotopic (exact) mass is 326 g/mol. The van der Waals surface area contributed by atoms with Gasteiger partial charge in [-0.2, -0.15) is 4.72 Å². The van der Waals surface area contributed by atoms with Crippen LogP contribution in [0.2, 0.25) is 0 Å². The van der Waals surface area contributed by atoms with Gasteiger partial charge in [0.25, 0.3) is 0 Å². The molecule has 0 bridgehead atoms. The van der Waals surface area contributed by atoms with Crippen LogP contribution in [0.1, 0.15) is 11.6 Å². The lowest BCUT2D eigenvalue weighted by molar-refractivity contribution is -0.139. The van der Waals surface area contributed by atoms with Gasteiger partial charge in [-0.05, 0) is 23.8 Å². The van der Waals surface area contributed by atoms with Crippen LogP contribution >= 0.6 is 0 Å². The number of phenols is 1. The molecule has 116 valence electrons. The van der Waals surface area contributed by atoms with Crippen molar-refractivity contribution < 1.29 is 27.8 Å². The molecule has 2 aromatic rings. The van der Waals surface area contributed by atoms with E-state index in [4.69, 9.17) is 0 Å². The van der Waals surface area contributed by atoms with E-state index in [-0.39, 0.29) is 11.3 Å². The first-order chi connectivity index (χ1) is 10.3. The van der Waals surface area contributed by atoms with Crippen LogP contribution in [0.4, 0.5) is 4.39 Å². The highest BCUT2D eigenvalue weighted by molar-refractivity contribution is 7.89. The van der Waals surface area contributed by atoms with Crippen LogP contribution in [0, 0.1) is 5.82 Å². The summed E-state index contributed by atoms with van der Waals surface area (Å²) in [6.45, 7) is 0. The van der Waals surface area contributed by atoms with E-state index < -0.39 is 32.7 Å². The largest absolute Gasteiger partial charge is 0.508 e. The number of carboxylic acid groups (broad SMARTS) is 1. The Labute approximate surface area is 125 Å². The Balaban J connectivity index is 2.35. The van der Waals surface area contributed by atoms with Gasteiger partial charge in [0.15, 0.2) is 0 Å². The molecule has 0 fully saturated rings. The zero-order chi connectivity index (χ0) is 16.3. The van der Waals surface area contributed by atoms with Crippen LogP contribution in [-0.4, -0.2) is 29.6 Å². The summed E-state index contributed by atoms with van der Waals surface area (Å²) in [6, 6.07) is 4.12. The molecule has 9 heteroatoms. The van der Waals surface area contributed by atoms with Crippen molar-refractivity contribution in [2.45, 2.75) is 10.9 Å². The van der Waals surface area contributed by atoms with Crippen LogP contribution in [0.15, 0.2) is 47.6 Å². The van der Waals surface area contributed by atoms with E-state index >= 15 is 0 Å². The molecule has 1 aromatic carbocycles. The summed E-state index contributed by atoms with van der Waals surface area (Å²) in [5.74, 6) is -2.40. The van der Waals surface area contributed by atoms with Crippen molar-refractivity contribution in [3.8, 4) is 5.75 Å². The molecular formula is C13H11FN2O5S. The third kappa shape index (κ3) is 3.57. The molecule has 22 heavy (non-hydrogen) atoms. The lowest BCUT2D eigenvalue weighted by Crippen LogP contribution is -2.33. The van der Waals surface area contributed by atoms with E-state index in [1.165, 1.54) is 24.3 Å². The quantitative estimate of drug-likeness (QED) is 0.755. The smallest absolute Gasteiger partial charge is 0.326 e.